The number of carbonyl (C=O) groups is 2. The average molecular weight is 512 g/mol. The Hall–Kier alpha value is -3.63. The third kappa shape index (κ3) is 7.21. The van der Waals surface area contributed by atoms with Crippen LogP contribution in [0.15, 0.2) is 24.5 Å². The molecule has 0 radical (unpaired) electrons. The van der Waals surface area contributed by atoms with Crippen molar-refractivity contribution in [2.75, 3.05) is 48.3 Å². The van der Waals surface area contributed by atoms with Gasteiger partial charge in [0, 0.05) is 38.4 Å². The number of amides is 1. The van der Waals surface area contributed by atoms with E-state index < -0.39 is 11.6 Å². The van der Waals surface area contributed by atoms with Crippen molar-refractivity contribution in [3.8, 4) is 0 Å². The lowest BCUT2D eigenvalue weighted by Crippen LogP contribution is -2.50. The fourth-order valence-corrected chi connectivity index (χ4v) is 4.41. The van der Waals surface area contributed by atoms with Crippen molar-refractivity contribution in [3.63, 3.8) is 0 Å². The molecule has 200 valence electrons. The first-order chi connectivity index (χ1) is 17.7. The molecule has 2 aliphatic rings. The minimum Gasteiger partial charge on any atom is -0.462 e. The van der Waals surface area contributed by atoms with Gasteiger partial charge < -0.3 is 29.9 Å². The molecule has 1 aliphatic carbocycles. The van der Waals surface area contributed by atoms with Gasteiger partial charge in [0.15, 0.2) is 0 Å². The Balaban J connectivity index is 1.38. The van der Waals surface area contributed by atoms with Crippen molar-refractivity contribution < 1.29 is 19.1 Å². The summed E-state index contributed by atoms with van der Waals surface area (Å²) >= 11 is 0. The van der Waals surface area contributed by atoms with Crippen LogP contribution in [-0.2, 0) is 9.47 Å². The van der Waals surface area contributed by atoms with E-state index in [-0.39, 0.29) is 18.7 Å². The van der Waals surface area contributed by atoms with Gasteiger partial charge in [0.1, 0.15) is 22.8 Å². The number of carbonyl (C=O) groups excluding carboxylic acids is 2. The lowest BCUT2D eigenvalue weighted by atomic mass is 10.2. The van der Waals surface area contributed by atoms with E-state index in [0.29, 0.717) is 49.3 Å². The van der Waals surface area contributed by atoms with E-state index in [9.17, 15) is 9.59 Å². The molecule has 1 saturated heterocycles. The predicted molar refractivity (Wildman–Crippen MR) is 141 cm³/mol. The van der Waals surface area contributed by atoms with Gasteiger partial charge in [-0.2, -0.15) is 4.98 Å². The van der Waals surface area contributed by atoms with Crippen LogP contribution >= 0.6 is 0 Å². The molecule has 1 amide bonds. The van der Waals surface area contributed by atoms with Crippen LogP contribution in [0.1, 0.15) is 63.7 Å². The zero-order valence-corrected chi connectivity index (χ0v) is 22.1. The number of ether oxygens (including phenoxy) is 2. The minimum absolute atomic E-state index is 0.277. The summed E-state index contributed by atoms with van der Waals surface area (Å²) in [5, 5.41) is 6.52. The van der Waals surface area contributed by atoms with E-state index in [1.54, 1.807) is 18.0 Å². The molecule has 2 N–H and O–H groups in total. The molecule has 4 rings (SSSR count). The molecule has 11 nitrogen and oxygen atoms in total. The number of nitrogens with zero attached hydrogens (tertiary/aromatic N) is 5. The van der Waals surface area contributed by atoms with Crippen molar-refractivity contribution in [2.45, 2.75) is 65.0 Å². The van der Waals surface area contributed by atoms with Crippen LogP contribution in [-0.4, -0.2) is 76.3 Å². The number of nitrogens with one attached hydrogen (secondary N) is 2. The molecule has 3 heterocycles. The second-order valence-electron chi connectivity index (χ2n) is 10.3. The summed E-state index contributed by atoms with van der Waals surface area (Å²) < 4.78 is 10.7. The number of aromatic nitrogens is 3. The quantitative estimate of drug-likeness (QED) is 0.523. The van der Waals surface area contributed by atoms with Crippen molar-refractivity contribution >= 4 is 35.3 Å². The zero-order chi connectivity index (χ0) is 26.4. The van der Waals surface area contributed by atoms with E-state index in [0.717, 1.165) is 31.4 Å². The van der Waals surface area contributed by atoms with Crippen LogP contribution in [0.4, 0.5) is 28.1 Å². The highest BCUT2D eigenvalue weighted by molar-refractivity contribution is 5.94. The first-order valence-electron chi connectivity index (χ1n) is 13.0. The number of hydrogen-bond acceptors (Lipinski definition) is 10. The number of piperazine rings is 1. The van der Waals surface area contributed by atoms with Crippen LogP contribution < -0.4 is 15.5 Å². The Morgan fingerprint density at radius 2 is 1.78 bits per heavy atom. The van der Waals surface area contributed by atoms with Crippen molar-refractivity contribution in [2.24, 2.45) is 0 Å². The van der Waals surface area contributed by atoms with Crippen molar-refractivity contribution in [1.29, 1.82) is 0 Å². The lowest BCUT2D eigenvalue weighted by molar-refractivity contribution is 0.0240. The fourth-order valence-electron chi connectivity index (χ4n) is 4.41. The second-order valence-corrected chi connectivity index (χ2v) is 10.3. The first kappa shape index (κ1) is 26.4. The van der Waals surface area contributed by atoms with E-state index in [1.165, 1.54) is 6.20 Å². The Morgan fingerprint density at radius 1 is 1.05 bits per heavy atom. The molecule has 2 aromatic rings. The van der Waals surface area contributed by atoms with Gasteiger partial charge in [-0.25, -0.2) is 19.6 Å². The summed E-state index contributed by atoms with van der Waals surface area (Å²) in [6.07, 6.45) is 7.41. The molecule has 0 spiro atoms. The topological polar surface area (TPSA) is 122 Å². The minimum atomic E-state index is -0.503. The van der Waals surface area contributed by atoms with Gasteiger partial charge >= 0.3 is 12.1 Å². The Morgan fingerprint density at radius 3 is 2.41 bits per heavy atom. The molecule has 0 bridgehead atoms. The molecule has 0 aromatic carbocycles. The smallest absolute Gasteiger partial charge is 0.410 e. The predicted octanol–water partition coefficient (Wildman–Crippen LogP) is 4.20. The van der Waals surface area contributed by atoms with E-state index >= 15 is 0 Å². The van der Waals surface area contributed by atoms with E-state index in [4.69, 9.17) is 9.47 Å². The van der Waals surface area contributed by atoms with Gasteiger partial charge in [0.25, 0.3) is 0 Å². The third-order valence-corrected chi connectivity index (χ3v) is 6.26. The lowest BCUT2D eigenvalue weighted by Gasteiger charge is -2.36. The van der Waals surface area contributed by atoms with E-state index in [1.807, 2.05) is 32.9 Å². The maximum absolute atomic E-state index is 12.4. The number of rotatable bonds is 7. The largest absolute Gasteiger partial charge is 0.462 e. The number of hydrogen-bond donors (Lipinski definition) is 2. The highest BCUT2D eigenvalue weighted by atomic mass is 16.6. The Bertz CT molecular complexity index is 1070. The summed E-state index contributed by atoms with van der Waals surface area (Å²) in [6.45, 7) is 10.2. The molecule has 0 unspecified atom stereocenters. The molecule has 1 saturated carbocycles. The summed E-state index contributed by atoms with van der Waals surface area (Å²) in [5.74, 6) is 0.970. The number of esters is 1. The van der Waals surface area contributed by atoms with Gasteiger partial charge in [-0.05, 0) is 52.7 Å². The van der Waals surface area contributed by atoms with Crippen molar-refractivity contribution in [1.82, 2.24) is 19.9 Å². The van der Waals surface area contributed by atoms with Crippen LogP contribution in [0, 0.1) is 0 Å². The van der Waals surface area contributed by atoms with Gasteiger partial charge in [0.2, 0.25) is 5.95 Å². The van der Waals surface area contributed by atoms with Crippen LogP contribution in [0.3, 0.4) is 0 Å². The van der Waals surface area contributed by atoms with E-state index in [2.05, 4.69) is 30.5 Å². The third-order valence-electron chi connectivity index (χ3n) is 6.26. The van der Waals surface area contributed by atoms with Gasteiger partial charge in [-0.3, -0.25) is 0 Å². The molecule has 37 heavy (non-hydrogen) atoms. The average Bonchev–Trinajstić information content (AvgIpc) is 3.37. The molecular weight excluding hydrogens is 474 g/mol. The highest BCUT2D eigenvalue weighted by Crippen LogP contribution is 2.25. The van der Waals surface area contributed by atoms with Gasteiger partial charge in [0.05, 0.1) is 18.5 Å². The molecular formula is C26H37N7O4. The first-order valence-corrected chi connectivity index (χ1v) is 13.0. The molecule has 2 fully saturated rings. The SMILES string of the molecule is CCOC(=O)c1cnc(Nc2ccc(N3CCN(C(=O)OC(C)(C)C)CC3)cn2)nc1NC1CCCC1. The van der Waals surface area contributed by atoms with Gasteiger partial charge in [-0.15, -0.1) is 0 Å². The number of anilines is 4. The standard InChI is InChI=1S/C26H37N7O4/c1-5-36-23(34)20-17-28-24(31-22(20)29-18-8-6-7-9-18)30-21-11-10-19(16-27-21)32-12-14-33(15-13-32)25(35)37-26(2,3)4/h10-11,16-18H,5-9,12-15H2,1-4H3,(H2,27,28,29,30,31). The molecule has 0 atom stereocenters. The van der Waals surface area contributed by atoms with Crippen LogP contribution in [0.2, 0.25) is 0 Å². The zero-order valence-electron chi connectivity index (χ0n) is 22.1. The Labute approximate surface area is 218 Å². The van der Waals surface area contributed by atoms with Crippen LogP contribution in [0.5, 0.6) is 0 Å². The summed E-state index contributed by atoms with van der Waals surface area (Å²) in [4.78, 5) is 42.0. The maximum atomic E-state index is 12.4. The van der Waals surface area contributed by atoms with Crippen LogP contribution in [0.25, 0.3) is 0 Å². The molecule has 11 heteroatoms. The summed E-state index contributed by atoms with van der Waals surface area (Å²) in [6, 6.07) is 4.12. The van der Waals surface area contributed by atoms with Crippen molar-refractivity contribution in [3.05, 3.63) is 30.1 Å². The number of pyridine rings is 1. The fraction of sp³-hybridized carbons (Fsp3) is 0.577. The molecule has 1 aliphatic heterocycles. The Kier molecular flexibility index (Phi) is 8.30. The maximum Gasteiger partial charge on any atom is 0.410 e. The summed E-state index contributed by atoms with van der Waals surface area (Å²) in [7, 11) is 0. The normalized spacial score (nSPS) is 16.4. The van der Waals surface area contributed by atoms with Gasteiger partial charge in [-0.1, -0.05) is 12.8 Å². The second kappa shape index (κ2) is 11.6. The molecule has 2 aromatic heterocycles. The summed E-state index contributed by atoms with van der Waals surface area (Å²) in [5.41, 5.74) is 0.793. The highest BCUT2D eigenvalue weighted by Gasteiger charge is 2.26. The monoisotopic (exact) mass is 511 g/mol.